The number of benzene rings is 1. The van der Waals surface area contributed by atoms with Gasteiger partial charge in [-0.3, -0.25) is 0 Å². The molecule has 2 rings (SSSR count). The van der Waals surface area contributed by atoms with Crippen LogP contribution in [0.25, 0.3) is 0 Å². The molecule has 0 spiro atoms. The molecule has 2 nitrogen and oxygen atoms in total. The van der Waals surface area contributed by atoms with E-state index >= 15 is 0 Å². The van der Waals surface area contributed by atoms with Crippen molar-refractivity contribution in [1.29, 1.82) is 0 Å². The average molecular weight is 319 g/mol. The predicted molar refractivity (Wildman–Crippen MR) is 77.9 cm³/mol. The number of aliphatic hydroxyl groups excluding tert-OH is 1. The molecule has 1 aliphatic carbocycles. The van der Waals surface area contributed by atoms with E-state index in [4.69, 9.17) is 5.73 Å². The smallest absolute Gasteiger partial charge is 0.391 e. The highest BCUT2D eigenvalue weighted by Gasteiger charge is 2.30. The van der Waals surface area contributed by atoms with Crippen molar-refractivity contribution in [1.82, 2.24) is 0 Å². The second-order valence-corrected chi connectivity index (χ2v) is 6.67. The van der Waals surface area contributed by atoms with Crippen molar-refractivity contribution >= 4 is 11.8 Å². The lowest BCUT2D eigenvalue weighted by Gasteiger charge is -2.30. The highest BCUT2D eigenvalue weighted by atomic mass is 32.2. The molecule has 0 aliphatic heterocycles. The summed E-state index contributed by atoms with van der Waals surface area (Å²) >= 11 is -0.146. The second-order valence-electron chi connectivity index (χ2n) is 5.53. The highest BCUT2D eigenvalue weighted by molar-refractivity contribution is 8.00. The fourth-order valence-corrected chi connectivity index (χ4v) is 3.40. The second kappa shape index (κ2) is 7.03. The van der Waals surface area contributed by atoms with Crippen LogP contribution in [-0.4, -0.2) is 16.7 Å². The Morgan fingerprint density at radius 1 is 1.10 bits per heavy atom. The normalized spacial score (nSPS) is 20.2. The summed E-state index contributed by atoms with van der Waals surface area (Å²) in [6.45, 7) is 0. The van der Waals surface area contributed by atoms with Crippen LogP contribution in [0.2, 0.25) is 0 Å². The Morgan fingerprint density at radius 2 is 1.67 bits per heavy atom. The Kier molecular flexibility index (Phi) is 5.57. The maximum absolute atomic E-state index is 12.3. The molecule has 6 heteroatoms. The molecule has 0 amide bonds. The van der Waals surface area contributed by atoms with Gasteiger partial charge < -0.3 is 10.8 Å². The fourth-order valence-electron chi connectivity index (χ4n) is 2.86. The SMILES string of the molecule is N[C@H](c1ccc(SC(F)(F)F)cc1)[C@@H](O)C1CCCCC1. The van der Waals surface area contributed by atoms with Crippen LogP contribution in [-0.2, 0) is 0 Å². The van der Waals surface area contributed by atoms with E-state index in [2.05, 4.69) is 0 Å². The Balaban J connectivity index is 2.00. The van der Waals surface area contributed by atoms with Gasteiger partial charge in [0.2, 0.25) is 0 Å². The molecule has 0 radical (unpaired) electrons. The lowest BCUT2D eigenvalue weighted by Crippen LogP contribution is -2.34. The number of thioether (sulfide) groups is 1. The van der Waals surface area contributed by atoms with Gasteiger partial charge in [-0.25, -0.2) is 0 Å². The van der Waals surface area contributed by atoms with Gasteiger partial charge in [-0.1, -0.05) is 31.4 Å². The van der Waals surface area contributed by atoms with Crippen molar-refractivity contribution in [3.8, 4) is 0 Å². The lowest BCUT2D eigenvalue weighted by molar-refractivity contribution is -0.0328. The fraction of sp³-hybridized carbons (Fsp3) is 0.600. The molecule has 0 saturated heterocycles. The summed E-state index contributed by atoms with van der Waals surface area (Å²) in [5.74, 6) is 0.193. The highest BCUT2D eigenvalue weighted by Crippen LogP contribution is 2.37. The topological polar surface area (TPSA) is 46.2 Å². The first-order chi connectivity index (χ1) is 9.87. The van der Waals surface area contributed by atoms with Crippen molar-refractivity contribution in [2.45, 2.75) is 54.7 Å². The lowest BCUT2D eigenvalue weighted by atomic mass is 9.81. The van der Waals surface area contributed by atoms with Crippen molar-refractivity contribution in [2.24, 2.45) is 11.7 Å². The third kappa shape index (κ3) is 4.90. The van der Waals surface area contributed by atoms with Gasteiger partial charge in [-0.05, 0) is 48.2 Å². The molecule has 0 bridgehead atoms. The maximum Gasteiger partial charge on any atom is 0.446 e. The van der Waals surface area contributed by atoms with E-state index in [0.717, 1.165) is 25.7 Å². The summed E-state index contributed by atoms with van der Waals surface area (Å²) in [7, 11) is 0. The molecule has 0 unspecified atom stereocenters. The van der Waals surface area contributed by atoms with E-state index in [1.54, 1.807) is 12.1 Å². The first-order valence-electron chi connectivity index (χ1n) is 7.16. The first-order valence-corrected chi connectivity index (χ1v) is 7.98. The van der Waals surface area contributed by atoms with Crippen LogP contribution in [0.4, 0.5) is 13.2 Å². The summed E-state index contributed by atoms with van der Waals surface area (Å²) in [5, 5.41) is 10.3. The molecule has 1 aliphatic rings. The van der Waals surface area contributed by atoms with E-state index in [9.17, 15) is 18.3 Å². The van der Waals surface area contributed by atoms with Gasteiger partial charge in [-0.15, -0.1) is 0 Å². The number of nitrogens with two attached hydrogens (primary N) is 1. The monoisotopic (exact) mass is 319 g/mol. The van der Waals surface area contributed by atoms with Crippen LogP contribution in [0.1, 0.15) is 43.7 Å². The molecule has 3 N–H and O–H groups in total. The summed E-state index contributed by atoms with van der Waals surface area (Å²) in [6, 6.07) is 5.41. The minimum absolute atomic E-state index is 0.130. The van der Waals surface area contributed by atoms with Gasteiger partial charge in [-0.2, -0.15) is 13.2 Å². The molecule has 2 atom stereocenters. The summed E-state index contributed by atoms with van der Waals surface area (Å²) in [4.78, 5) is 0.130. The van der Waals surface area contributed by atoms with Gasteiger partial charge in [0.1, 0.15) is 0 Å². The quantitative estimate of drug-likeness (QED) is 0.816. The Labute approximate surface area is 126 Å². The number of aliphatic hydroxyl groups is 1. The van der Waals surface area contributed by atoms with Gasteiger partial charge in [0, 0.05) is 4.90 Å². The zero-order chi connectivity index (χ0) is 15.5. The van der Waals surface area contributed by atoms with Crippen molar-refractivity contribution in [2.75, 3.05) is 0 Å². The van der Waals surface area contributed by atoms with Crippen molar-refractivity contribution in [3.63, 3.8) is 0 Å². The van der Waals surface area contributed by atoms with Crippen LogP contribution < -0.4 is 5.73 Å². The molecule has 21 heavy (non-hydrogen) atoms. The third-order valence-electron chi connectivity index (χ3n) is 4.00. The van der Waals surface area contributed by atoms with Crippen LogP contribution in [0.15, 0.2) is 29.2 Å². The van der Waals surface area contributed by atoms with Crippen LogP contribution in [0.5, 0.6) is 0 Å². The third-order valence-corrected chi connectivity index (χ3v) is 4.74. The van der Waals surface area contributed by atoms with E-state index in [0.29, 0.717) is 5.56 Å². The van der Waals surface area contributed by atoms with E-state index in [1.165, 1.54) is 18.6 Å². The van der Waals surface area contributed by atoms with E-state index in [-0.39, 0.29) is 22.6 Å². The number of rotatable bonds is 4. The number of hydrogen-bond donors (Lipinski definition) is 2. The molecular weight excluding hydrogens is 299 g/mol. The van der Waals surface area contributed by atoms with Crippen molar-refractivity contribution in [3.05, 3.63) is 29.8 Å². The van der Waals surface area contributed by atoms with Gasteiger partial charge in [0.25, 0.3) is 0 Å². The summed E-state index contributed by atoms with van der Waals surface area (Å²) < 4.78 is 36.8. The predicted octanol–water partition coefficient (Wildman–Crippen LogP) is 4.24. The van der Waals surface area contributed by atoms with Crippen LogP contribution in [0.3, 0.4) is 0 Å². The zero-order valence-electron chi connectivity index (χ0n) is 11.6. The standard InChI is InChI=1S/C15H20F3NOS/c16-15(17,18)21-12-8-6-10(7-9-12)13(19)14(20)11-4-2-1-3-5-11/h6-9,11,13-14,20H,1-5,19H2/t13-,14+/m1/s1. The Morgan fingerprint density at radius 3 is 2.19 bits per heavy atom. The zero-order valence-corrected chi connectivity index (χ0v) is 12.5. The largest absolute Gasteiger partial charge is 0.446 e. The molecular formula is C15H20F3NOS. The minimum atomic E-state index is -4.29. The number of hydrogen-bond acceptors (Lipinski definition) is 3. The Hall–Kier alpha value is -0.720. The average Bonchev–Trinajstić information content (AvgIpc) is 2.46. The first kappa shape index (κ1) is 16.6. The minimum Gasteiger partial charge on any atom is -0.391 e. The van der Waals surface area contributed by atoms with Crippen LogP contribution in [0, 0.1) is 5.92 Å². The molecule has 1 fully saturated rings. The maximum atomic E-state index is 12.3. The Bertz CT molecular complexity index is 443. The van der Waals surface area contributed by atoms with E-state index in [1.807, 2.05) is 0 Å². The molecule has 1 aromatic rings. The molecule has 0 heterocycles. The molecule has 1 aromatic carbocycles. The van der Waals surface area contributed by atoms with Crippen molar-refractivity contribution < 1.29 is 18.3 Å². The molecule has 1 saturated carbocycles. The van der Waals surface area contributed by atoms with Gasteiger partial charge in [0.05, 0.1) is 12.1 Å². The number of alkyl halides is 3. The molecule has 0 aromatic heterocycles. The summed E-state index contributed by atoms with van der Waals surface area (Å²) in [5.41, 5.74) is 2.46. The van der Waals surface area contributed by atoms with Gasteiger partial charge >= 0.3 is 5.51 Å². The summed E-state index contributed by atoms with van der Waals surface area (Å²) in [6.07, 6.45) is 4.72. The van der Waals surface area contributed by atoms with Crippen LogP contribution >= 0.6 is 11.8 Å². The van der Waals surface area contributed by atoms with Gasteiger partial charge in [0.15, 0.2) is 0 Å². The van der Waals surface area contributed by atoms with E-state index < -0.39 is 17.7 Å². The molecule has 118 valence electrons. The number of halogens is 3.